The number of anilines is 1. The molecule has 0 bridgehead atoms. The van der Waals surface area contributed by atoms with E-state index in [0.717, 1.165) is 12.1 Å². The van der Waals surface area contributed by atoms with Crippen molar-refractivity contribution in [3.63, 3.8) is 0 Å². The Balaban J connectivity index is 1.76. The minimum atomic E-state index is -4.41. The molecule has 0 radical (unpaired) electrons. The lowest BCUT2D eigenvalue weighted by molar-refractivity contribution is -0.137. The summed E-state index contributed by atoms with van der Waals surface area (Å²) in [4.78, 5) is 11.6. The first-order valence-corrected chi connectivity index (χ1v) is 6.78. The second-order valence-corrected chi connectivity index (χ2v) is 4.82. The molecular formula is C15H15F3N2O3. The number of aliphatic hydroxyl groups is 1. The summed E-state index contributed by atoms with van der Waals surface area (Å²) in [6, 6.07) is 5.17. The topological polar surface area (TPSA) is 74.5 Å². The smallest absolute Gasteiger partial charge is 0.416 e. The van der Waals surface area contributed by atoms with Crippen LogP contribution in [0.25, 0.3) is 0 Å². The summed E-state index contributed by atoms with van der Waals surface area (Å²) in [7, 11) is 0. The summed E-state index contributed by atoms with van der Waals surface area (Å²) in [5.41, 5.74) is 0.0625. The van der Waals surface area contributed by atoms with E-state index in [1.165, 1.54) is 24.7 Å². The first-order chi connectivity index (χ1) is 10.9. The third-order valence-electron chi connectivity index (χ3n) is 3.10. The normalized spacial score (nSPS) is 12.7. The maximum atomic E-state index is 12.4. The number of aliphatic hydroxyl groups excluding tert-OH is 1. The predicted molar refractivity (Wildman–Crippen MR) is 76.8 cm³/mol. The summed E-state index contributed by atoms with van der Waals surface area (Å²) < 4.78 is 42.1. The van der Waals surface area contributed by atoms with E-state index in [0.29, 0.717) is 5.56 Å². The van der Waals surface area contributed by atoms with E-state index in [4.69, 9.17) is 4.42 Å². The second-order valence-electron chi connectivity index (χ2n) is 4.82. The fraction of sp³-hybridized carbons (Fsp3) is 0.267. The summed E-state index contributed by atoms with van der Waals surface area (Å²) in [5.74, 6) is 0. The minimum absolute atomic E-state index is 0.193. The number of alkyl halides is 3. The van der Waals surface area contributed by atoms with Crippen molar-refractivity contribution in [2.45, 2.75) is 18.7 Å². The number of hydrogen-bond donors (Lipinski definition) is 3. The van der Waals surface area contributed by atoms with Crippen LogP contribution < -0.4 is 10.6 Å². The molecule has 23 heavy (non-hydrogen) atoms. The molecule has 5 nitrogen and oxygen atoms in total. The number of urea groups is 1. The van der Waals surface area contributed by atoms with Crippen molar-refractivity contribution >= 4 is 11.7 Å². The van der Waals surface area contributed by atoms with E-state index in [1.807, 2.05) is 0 Å². The fourth-order valence-corrected chi connectivity index (χ4v) is 1.87. The number of hydrogen-bond acceptors (Lipinski definition) is 3. The van der Waals surface area contributed by atoms with E-state index >= 15 is 0 Å². The van der Waals surface area contributed by atoms with Crippen LogP contribution in [-0.2, 0) is 6.18 Å². The van der Waals surface area contributed by atoms with E-state index < -0.39 is 23.9 Å². The monoisotopic (exact) mass is 328 g/mol. The highest BCUT2D eigenvalue weighted by molar-refractivity contribution is 5.89. The third kappa shape index (κ3) is 5.03. The Morgan fingerprint density at radius 1 is 1.22 bits per heavy atom. The molecule has 2 amide bonds. The number of furan rings is 1. The Kier molecular flexibility index (Phi) is 5.28. The average Bonchev–Trinajstić information content (AvgIpc) is 3.01. The number of benzene rings is 1. The number of carbonyl (C=O) groups excluding carboxylic acids is 1. The molecule has 2 aromatic rings. The molecule has 0 aliphatic rings. The summed E-state index contributed by atoms with van der Waals surface area (Å²) in [5, 5.41) is 14.7. The van der Waals surface area contributed by atoms with Crippen LogP contribution in [-0.4, -0.2) is 17.7 Å². The number of carbonyl (C=O) groups is 1. The lowest BCUT2D eigenvalue weighted by atomic mass is 10.1. The third-order valence-corrected chi connectivity index (χ3v) is 3.10. The van der Waals surface area contributed by atoms with Crippen LogP contribution in [0.5, 0.6) is 0 Å². The van der Waals surface area contributed by atoms with E-state index in [2.05, 4.69) is 10.6 Å². The molecular weight excluding hydrogens is 313 g/mol. The van der Waals surface area contributed by atoms with Gasteiger partial charge in [-0.25, -0.2) is 4.79 Å². The van der Waals surface area contributed by atoms with E-state index in [9.17, 15) is 23.1 Å². The Labute approximate surface area is 130 Å². The van der Waals surface area contributed by atoms with Gasteiger partial charge in [0.2, 0.25) is 0 Å². The van der Waals surface area contributed by atoms with Crippen molar-refractivity contribution in [2.75, 3.05) is 11.9 Å². The lowest BCUT2D eigenvalue weighted by Gasteiger charge is -2.11. The summed E-state index contributed by atoms with van der Waals surface area (Å²) in [6.45, 7) is 0.193. The molecule has 0 spiro atoms. The van der Waals surface area contributed by atoms with Crippen LogP contribution >= 0.6 is 0 Å². The zero-order valence-electron chi connectivity index (χ0n) is 11.9. The van der Waals surface area contributed by atoms with Crippen molar-refractivity contribution in [1.82, 2.24) is 5.32 Å². The molecule has 1 atom stereocenters. The molecule has 8 heteroatoms. The molecule has 0 saturated carbocycles. The molecule has 124 valence electrons. The maximum Gasteiger partial charge on any atom is 0.416 e. The Hall–Kier alpha value is -2.48. The minimum Gasteiger partial charge on any atom is -0.472 e. The molecule has 1 aromatic heterocycles. The molecule has 1 aromatic carbocycles. The molecule has 1 unspecified atom stereocenters. The largest absolute Gasteiger partial charge is 0.472 e. The second kappa shape index (κ2) is 7.19. The molecule has 1 heterocycles. The van der Waals surface area contributed by atoms with Crippen molar-refractivity contribution in [1.29, 1.82) is 0 Å². The fourth-order valence-electron chi connectivity index (χ4n) is 1.87. The van der Waals surface area contributed by atoms with Gasteiger partial charge in [0.1, 0.15) is 0 Å². The van der Waals surface area contributed by atoms with Gasteiger partial charge in [-0.2, -0.15) is 13.2 Å². The van der Waals surface area contributed by atoms with Gasteiger partial charge in [0.25, 0.3) is 0 Å². The highest BCUT2D eigenvalue weighted by Crippen LogP contribution is 2.29. The van der Waals surface area contributed by atoms with Crippen LogP contribution in [0.4, 0.5) is 23.7 Å². The SMILES string of the molecule is O=C(NCCC(O)c1ccoc1)Nc1ccc(C(F)(F)F)cc1. The summed E-state index contributed by atoms with van der Waals surface area (Å²) >= 11 is 0. The van der Waals surface area contributed by atoms with Crippen LogP contribution in [0, 0.1) is 0 Å². The average molecular weight is 328 g/mol. The van der Waals surface area contributed by atoms with Gasteiger partial charge in [-0.1, -0.05) is 0 Å². The Bertz CT molecular complexity index is 624. The number of halogens is 3. The molecule has 3 N–H and O–H groups in total. The van der Waals surface area contributed by atoms with Gasteiger partial charge in [0.05, 0.1) is 24.2 Å². The maximum absolute atomic E-state index is 12.4. The zero-order chi connectivity index (χ0) is 16.9. The van der Waals surface area contributed by atoms with Gasteiger partial charge in [-0.3, -0.25) is 0 Å². The van der Waals surface area contributed by atoms with Gasteiger partial charge in [0, 0.05) is 17.8 Å². The molecule has 0 saturated heterocycles. The number of nitrogens with one attached hydrogen (secondary N) is 2. The van der Waals surface area contributed by atoms with Crippen LogP contribution in [0.2, 0.25) is 0 Å². The quantitative estimate of drug-likeness (QED) is 0.786. The standard InChI is InChI=1S/C15H15F3N2O3/c16-15(17,18)11-1-3-12(4-2-11)20-14(22)19-7-5-13(21)10-6-8-23-9-10/h1-4,6,8-9,13,21H,5,7H2,(H2,19,20,22). The first-order valence-electron chi connectivity index (χ1n) is 6.78. The van der Waals surface area contributed by atoms with E-state index in [-0.39, 0.29) is 18.7 Å². The summed E-state index contributed by atoms with van der Waals surface area (Å²) in [6.07, 6.45) is -2.06. The van der Waals surface area contributed by atoms with Gasteiger partial charge in [-0.05, 0) is 36.8 Å². The van der Waals surface area contributed by atoms with Crippen LogP contribution in [0.15, 0.2) is 47.3 Å². The molecule has 0 aliphatic carbocycles. The highest BCUT2D eigenvalue weighted by atomic mass is 19.4. The molecule has 0 aliphatic heterocycles. The van der Waals surface area contributed by atoms with Crippen LogP contribution in [0.1, 0.15) is 23.7 Å². The van der Waals surface area contributed by atoms with Gasteiger partial charge >= 0.3 is 12.2 Å². The van der Waals surface area contributed by atoms with Crippen LogP contribution in [0.3, 0.4) is 0 Å². The zero-order valence-corrected chi connectivity index (χ0v) is 11.9. The number of rotatable bonds is 5. The predicted octanol–water partition coefficient (Wildman–Crippen LogP) is 3.54. The van der Waals surface area contributed by atoms with Gasteiger partial charge in [0.15, 0.2) is 0 Å². The van der Waals surface area contributed by atoms with Crippen molar-refractivity contribution in [3.8, 4) is 0 Å². The molecule has 2 rings (SSSR count). The molecule has 0 fully saturated rings. The van der Waals surface area contributed by atoms with Gasteiger partial charge < -0.3 is 20.2 Å². The Morgan fingerprint density at radius 2 is 1.91 bits per heavy atom. The Morgan fingerprint density at radius 3 is 2.48 bits per heavy atom. The van der Waals surface area contributed by atoms with Crippen molar-refractivity contribution in [2.24, 2.45) is 0 Å². The van der Waals surface area contributed by atoms with Gasteiger partial charge in [-0.15, -0.1) is 0 Å². The highest BCUT2D eigenvalue weighted by Gasteiger charge is 2.29. The number of amides is 2. The van der Waals surface area contributed by atoms with E-state index in [1.54, 1.807) is 6.07 Å². The van der Waals surface area contributed by atoms with Crippen molar-refractivity contribution < 1.29 is 27.5 Å². The lowest BCUT2D eigenvalue weighted by Crippen LogP contribution is -2.30. The van der Waals surface area contributed by atoms with Crippen molar-refractivity contribution in [3.05, 3.63) is 54.0 Å². The first kappa shape index (κ1) is 16.9.